The second-order valence-electron chi connectivity index (χ2n) is 4.39. The summed E-state index contributed by atoms with van der Waals surface area (Å²) in [6.07, 6.45) is 1.76. The zero-order valence-corrected chi connectivity index (χ0v) is 11.8. The van der Waals surface area contributed by atoms with Crippen molar-refractivity contribution >= 4 is 33.0 Å². The number of hydrogen-bond donors (Lipinski definition) is 1. The van der Waals surface area contributed by atoms with E-state index in [4.69, 9.17) is 5.73 Å². The molecular weight excluding hydrogens is 282 g/mol. The van der Waals surface area contributed by atoms with Gasteiger partial charge in [-0.15, -0.1) is 0 Å². The number of hydrogen-bond acceptors (Lipinski definition) is 4. The van der Waals surface area contributed by atoms with E-state index in [0.717, 1.165) is 22.2 Å². The van der Waals surface area contributed by atoms with Crippen molar-refractivity contribution in [2.75, 3.05) is 19.8 Å². The first-order valence-electron chi connectivity index (χ1n) is 5.42. The quantitative estimate of drug-likeness (QED) is 0.937. The maximum Gasteiger partial charge on any atom is 0.202 e. The summed E-state index contributed by atoms with van der Waals surface area (Å²) in [6, 6.07) is 2.30. The van der Waals surface area contributed by atoms with Crippen molar-refractivity contribution in [1.29, 1.82) is 0 Å². The molecule has 2 N–H and O–H groups in total. The average molecular weight is 298 g/mol. The molecule has 0 aliphatic rings. The Kier molecular flexibility index (Phi) is 3.35. The molecule has 0 fully saturated rings. The lowest BCUT2D eigenvalue weighted by molar-refractivity contribution is 0.286. The maximum atomic E-state index is 5.93. The number of fused-ring (bicyclic) bond motifs is 1. The highest BCUT2D eigenvalue weighted by molar-refractivity contribution is 9.10. The fraction of sp³-hybridized carbons (Fsp3) is 0.455. The summed E-state index contributed by atoms with van der Waals surface area (Å²) in [4.78, 5) is 10.8. The molecule has 0 aromatic carbocycles. The zero-order chi connectivity index (χ0) is 12.6. The summed E-state index contributed by atoms with van der Waals surface area (Å²) in [5.41, 5.74) is 7.58. The van der Waals surface area contributed by atoms with Crippen molar-refractivity contribution in [3.63, 3.8) is 0 Å². The fourth-order valence-electron chi connectivity index (χ4n) is 1.61. The van der Waals surface area contributed by atoms with Crippen molar-refractivity contribution in [2.24, 2.45) is 0 Å². The summed E-state index contributed by atoms with van der Waals surface area (Å²) in [5, 5.41) is 0. The van der Waals surface area contributed by atoms with Crippen molar-refractivity contribution in [3.05, 3.63) is 16.7 Å². The molecule has 1 unspecified atom stereocenters. The van der Waals surface area contributed by atoms with Gasteiger partial charge in [-0.3, -0.25) is 4.57 Å². The molecule has 0 spiro atoms. The van der Waals surface area contributed by atoms with Gasteiger partial charge in [0.05, 0.1) is 0 Å². The number of nitrogens with two attached hydrogens (primary N) is 1. The van der Waals surface area contributed by atoms with E-state index in [2.05, 4.69) is 37.7 Å². The van der Waals surface area contributed by atoms with Crippen LogP contribution < -0.4 is 5.73 Å². The average Bonchev–Trinajstić information content (AvgIpc) is 2.54. The first-order valence-corrected chi connectivity index (χ1v) is 6.22. The zero-order valence-electron chi connectivity index (χ0n) is 10.2. The molecule has 2 rings (SSSR count). The van der Waals surface area contributed by atoms with E-state index in [1.165, 1.54) is 0 Å². The minimum Gasteiger partial charge on any atom is -0.369 e. The number of anilines is 1. The summed E-state index contributed by atoms with van der Waals surface area (Å²) in [7, 11) is 4.09. The number of imidazole rings is 1. The summed E-state index contributed by atoms with van der Waals surface area (Å²) in [6.45, 7) is 2.92. The number of nitrogen functional groups attached to an aromatic ring is 1. The van der Waals surface area contributed by atoms with Gasteiger partial charge in [-0.25, -0.2) is 9.97 Å². The summed E-state index contributed by atoms with van der Waals surface area (Å²) >= 11 is 3.38. The van der Waals surface area contributed by atoms with Crippen LogP contribution in [0.3, 0.4) is 0 Å². The van der Waals surface area contributed by atoms with Gasteiger partial charge in [0.15, 0.2) is 5.65 Å². The summed E-state index contributed by atoms with van der Waals surface area (Å²) < 4.78 is 2.86. The van der Waals surface area contributed by atoms with E-state index in [0.29, 0.717) is 12.0 Å². The highest BCUT2D eigenvalue weighted by Crippen LogP contribution is 2.20. The molecule has 5 nitrogen and oxygen atoms in total. The van der Waals surface area contributed by atoms with Crippen LogP contribution in [0.4, 0.5) is 5.95 Å². The first-order chi connectivity index (χ1) is 7.99. The van der Waals surface area contributed by atoms with Gasteiger partial charge in [0.2, 0.25) is 5.95 Å². The smallest absolute Gasteiger partial charge is 0.202 e. The van der Waals surface area contributed by atoms with E-state index >= 15 is 0 Å². The van der Waals surface area contributed by atoms with Crippen LogP contribution in [-0.4, -0.2) is 39.6 Å². The number of halogens is 1. The topological polar surface area (TPSA) is 60.0 Å². The van der Waals surface area contributed by atoms with Crippen LogP contribution in [0.2, 0.25) is 0 Å². The Balaban J connectivity index is 2.43. The monoisotopic (exact) mass is 297 g/mol. The number of rotatable bonds is 3. The Bertz CT molecular complexity index is 534. The lowest BCUT2D eigenvalue weighted by Gasteiger charge is -2.20. The van der Waals surface area contributed by atoms with Crippen LogP contribution in [0.25, 0.3) is 11.2 Å². The molecule has 0 aliphatic heterocycles. The molecule has 0 radical (unpaired) electrons. The van der Waals surface area contributed by atoms with E-state index in [1.54, 1.807) is 6.20 Å². The number of aromatic nitrogens is 3. The van der Waals surface area contributed by atoms with Crippen molar-refractivity contribution in [3.8, 4) is 0 Å². The lowest BCUT2D eigenvalue weighted by Crippen LogP contribution is -2.29. The van der Waals surface area contributed by atoms with Gasteiger partial charge < -0.3 is 10.6 Å². The maximum absolute atomic E-state index is 5.93. The van der Waals surface area contributed by atoms with Gasteiger partial charge in [-0.2, -0.15) is 0 Å². The number of nitrogens with zero attached hydrogens (tertiary/aromatic N) is 4. The largest absolute Gasteiger partial charge is 0.369 e. The molecule has 0 aliphatic carbocycles. The van der Waals surface area contributed by atoms with Gasteiger partial charge in [0.25, 0.3) is 0 Å². The molecule has 1 atom stereocenters. The van der Waals surface area contributed by atoms with Crippen LogP contribution >= 0.6 is 15.9 Å². The van der Waals surface area contributed by atoms with Crippen LogP contribution in [0.5, 0.6) is 0 Å². The van der Waals surface area contributed by atoms with Crippen LogP contribution in [0.15, 0.2) is 16.7 Å². The van der Waals surface area contributed by atoms with Gasteiger partial charge in [0.1, 0.15) is 5.52 Å². The molecule has 0 bridgehead atoms. The minimum atomic E-state index is 0.375. The fourth-order valence-corrected chi connectivity index (χ4v) is 1.93. The Hall–Kier alpha value is -1.14. The Morgan fingerprint density at radius 1 is 1.53 bits per heavy atom. The molecular formula is C11H16BrN5. The molecule has 0 saturated heterocycles. The normalized spacial score (nSPS) is 13.5. The molecule has 0 saturated carbocycles. The second kappa shape index (κ2) is 4.62. The van der Waals surface area contributed by atoms with Crippen LogP contribution in [-0.2, 0) is 6.54 Å². The first kappa shape index (κ1) is 12.3. The molecule has 2 heterocycles. The third-order valence-electron chi connectivity index (χ3n) is 2.91. The van der Waals surface area contributed by atoms with E-state index in [1.807, 2.05) is 24.7 Å². The molecule has 0 amide bonds. The molecule has 92 valence electrons. The molecule has 17 heavy (non-hydrogen) atoms. The van der Waals surface area contributed by atoms with Crippen molar-refractivity contribution in [2.45, 2.75) is 19.5 Å². The van der Waals surface area contributed by atoms with Gasteiger partial charge in [0, 0.05) is 23.3 Å². The van der Waals surface area contributed by atoms with Crippen LogP contribution in [0.1, 0.15) is 6.92 Å². The minimum absolute atomic E-state index is 0.375. The van der Waals surface area contributed by atoms with E-state index < -0.39 is 0 Å². The Morgan fingerprint density at radius 3 is 2.88 bits per heavy atom. The van der Waals surface area contributed by atoms with Crippen molar-refractivity contribution in [1.82, 2.24) is 19.4 Å². The summed E-state index contributed by atoms with van der Waals surface area (Å²) in [5.74, 6) is 0.513. The highest BCUT2D eigenvalue weighted by Gasteiger charge is 2.13. The third-order valence-corrected chi connectivity index (χ3v) is 3.34. The highest BCUT2D eigenvalue weighted by atomic mass is 79.9. The molecule has 2 aromatic rings. The number of likely N-dealkylation sites (N-methyl/N-ethyl adjacent to an activating group) is 1. The Morgan fingerprint density at radius 2 is 2.24 bits per heavy atom. The predicted octanol–water partition coefficient (Wildman–Crippen LogP) is 1.73. The van der Waals surface area contributed by atoms with Gasteiger partial charge in [-0.1, -0.05) is 0 Å². The lowest BCUT2D eigenvalue weighted by atomic mass is 10.3. The van der Waals surface area contributed by atoms with Crippen molar-refractivity contribution < 1.29 is 0 Å². The molecule has 6 heteroatoms. The van der Waals surface area contributed by atoms with Gasteiger partial charge in [-0.05, 0) is 43.0 Å². The van der Waals surface area contributed by atoms with E-state index in [-0.39, 0.29) is 0 Å². The van der Waals surface area contributed by atoms with E-state index in [9.17, 15) is 0 Å². The van der Waals surface area contributed by atoms with Crippen LogP contribution in [0, 0.1) is 0 Å². The third kappa shape index (κ3) is 2.42. The standard InChI is InChI=1S/C11H16BrN5/c1-7(16(2)3)6-17-10-9(15-11(17)13)4-8(12)5-14-10/h4-5,7H,6H2,1-3H3,(H2,13,15). The Labute approximate surface area is 109 Å². The van der Waals surface area contributed by atoms with Gasteiger partial charge >= 0.3 is 0 Å². The SMILES string of the molecule is CC(Cn1c(N)nc2cc(Br)cnc21)N(C)C. The second-order valence-corrected chi connectivity index (χ2v) is 5.31. The predicted molar refractivity (Wildman–Crippen MR) is 72.8 cm³/mol. The molecule has 2 aromatic heterocycles. The number of pyridine rings is 1.